The summed E-state index contributed by atoms with van der Waals surface area (Å²) in [5.74, 6) is -0.246. The average molecular weight is 372 g/mol. The Morgan fingerprint density at radius 1 is 1.12 bits per heavy atom. The lowest BCUT2D eigenvalue weighted by Crippen LogP contribution is -2.26. The summed E-state index contributed by atoms with van der Waals surface area (Å²) in [5, 5.41) is 1.58. The lowest BCUT2D eigenvalue weighted by Gasteiger charge is -2.19. The number of hydrogen-bond donors (Lipinski definition) is 0. The molecule has 0 saturated carbocycles. The molecule has 0 N–H and O–H groups in total. The molecule has 0 saturated heterocycles. The molecule has 1 aromatic heterocycles. The number of amides is 1. The number of benzene rings is 2. The van der Waals surface area contributed by atoms with Crippen LogP contribution in [-0.4, -0.2) is 29.9 Å². The summed E-state index contributed by atoms with van der Waals surface area (Å²) >= 11 is 2.93. The minimum absolute atomic E-state index is 0.0229. The molecule has 3 aromatic rings. The van der Waals surface area contributed by atoms with Crippen molar-refractivity contribution in [2.45, 2.75) is 9.59 Å². The van der Waals surface area contributed by atoms with Crippen LogP contribution in [0.15, 0.2) is 64.3 Å². The molecule has 3 nitrogen and oxygen atoms in total. The predicted molar refractivity (Wildman–Crippen MR) is 101 cm³/mol. The van der Waals surface area contributed by atoms with E-state index in [0.29, 0.717) is 0 Å². The van der Waals surface area contributed by atoms with Gasteiger partial charge in [-0.1, -0.05) is 42.1 Å². The van der Waals surface area contributed by atoms with E-state index >= 15 is 0 Å². The Balaban J connectivity index is 1.85. The number of thiazole rings is 1. The first-order valence-corrected chi connectivity index (χ1v) is 9.45. The molecule has 1 atom stereocenters. The second-order valence-electron chi connectivity index (χ2n) is 5.65. The van der Waals surface area contributed by atoms with Gasteiger partial charge in [-0.05, 0) is 29.8 Å². The number of aromatic nitrogens is 1. The zero-order valence-corrected chi connectivity index (χ0v) is 15.5. The second kappa shape index (κ2) is 7.80. The molecule has 3 rings (SSSR count). The van der Waals surface area contributed by atoms with Crippen LogP contribution in [0.1, 0.15) is 10.8 Å². The van der Waals surface area contributed by atoms with E-state index in [1.165, 1.54) is 35.2 Å². The molecule has 25 heavy (non-hydrogen) atoms. The third-order valence-corrected chi connectivity index (χ3v) is 5.82. The summed E-state index contributed by atoms with van der Waals surface area (Å²) in [6, 6.07) is 15.9. The largest absolute Gasteiger partial charge is 0.348 e. The molecule has 2 aromatic carbocycles. The molecule has 1 heterocycles. The maximum Gasteiger partial charge on any atom is 0.240 e. The highest BCUT2D eigenvalue weighted by molar-refractivity contribution is 8.01. The highest BCUT2D eigenvalue weighted by Gasteiger charge is 2.24. The average Bonchev–Trinajstić information content (AvgIpc) is 3.09. The molecule has 0 aliphatic heterocycles. The molecular weight excluding hydrogens is 355 g/mol. The second-order valence-corrected chi connectivity index (χ2v) is 7.86. The van der Waals surface area contributed by atoms with Crippen molar-refractivity contribution in [3.8, 4) is 11.3 Å². The topological polar surface area (TPSA) is 33.2 Å². The van der Waals surface area contributed by atoms with E-state index in [1.54, 1.807) is 31.1 Å². The number of rotatable bonds is 5. The highest BCUT2D eigenvalue weighted by Crippen LogP contribution is 2.39. The van der Waals surface area contributed by atoms with Crippen LogP contribution in [-0.2, 0) is 4.79 Å². The number of carbonyl (C=O) groups excluding carboxylic acids is 1. The molecular formula is C19H17FN2OS2. The summed E-state index contributed by atoms with van der Waals surface area (Å²) in [4.78, 5) is 18.8. The minimum atomic E-state index is -0.344. The fourth-order valence-corrected chi connectivity index (χ4v) is 4.45. The van der Waals surface area contributed by atoms with Crippen LogP contribution >= 0.6 is 23.1 Å². The Kier molecular flexibility index (Phi) is 5.50. The maximum absolute atomic E-state index is 13.1. The molecule has 0 aliphatic rings. The number of halogens is 1. The van der Waals surface area contributed by atoms with Crippen molar-refractivity contribution < 1.29 is 9.18 Å². The number of carbonyl (C=O) groups is 1. The third kappa shape index (κ3) is 4.27. The van der Waals surface area contributed by atoms with Crippen molar-refractivity contribution in [3.05, 3.63) is 71.4 Å². The van der Waals surface area contributed by atoms with Crippen LogP contribution in [0.5, 0.6) is 0 Å². The van der Waals surface area contributed by atoms with Gasteiger partial charge < -0.3 is 4.90 Å². The molecule has 0 spiro atoms. The lowest BCUT2D eigenvalue weighted by molar-refractivity contribution is -0.128. The van der Waals surface area contributed by atoms with Gasteiger partial charge in [-0.25, -0.2) is 9.37 Å². The van der Waals surface area contributed by atoms with Gasteiger partial charge in [0.2, 0.25) is 5.91 Å². The van der Waals surface area contributed by atoms with Crippen molar-refractivity contribution >= 4 is 29.0 Å². The Morgan fingerprint density at radius 2 is 1.80 bits per heavy atom. The molecule has 0 fully saturated rings. The van der Waals surface area contributed by atoms with Gasteiger partial charge in [0.05, 0.1) is 5.69 Å². The Bertz CT molecular complexity index is 847. The van der Waals surface area contributed by atoms with Crippen molar-refractivity contribution in [1.82, 2.24) is 9.88 Å². The van der Waals surface area contributed by atoms with E-state index in [4.69, 9.17) is 0 Å². The summed E-state index contributed by atoms with van der Waals surface area (Å²) in [5.41, 5.74) is 2.60. The molecule has 1 amide bonds. The Labute approximate surface area is 154 Å². The van der Waals surface area contributed by atoms with Crippen LogP contribution in [0.3, 0.4) is 0 Å². The monoisotopic (exact) mass is 372 g/mol. The lowest BCUT2D eigenvalue weighted by atomic mass is 10.1. The number of thioether (sulfide) groups is 1. The predicted octanol–water partition coefficient (Wildman–Crippen LogP) is 4.87. The van der Waals surface area contributed by atoms with E-state index in [2.05, 4.69) is 4.98 Å². The minimum Gasteiger partial charge on any atom is -0.348 e. The summed E-state index contributed by atoms with van der Waals surface area (Å²) in [7, 11) is 3.51. The van der Waals surface area contributed by atoms with Gasteiger partial charge in [0.1, 0.15) is 11.1 Å². The van der Waals surface area contributed by atoms with Gasteiger partial charge in [-0.2, -0.15) is 0 Å². The maximum atomic E-state index is 13.1. The number of likely N-dealkylation sites (N-methyl/N-ethyl adjacent to an activating group) is 1. The summed E-state index contributed by atoms with van der Waals surface area (Å²) < 4.78 is 13.9. The van der Waals surface area contributed by atoms with Crippen LogP contribution in [0.4, 0.5) is 4.39 Å². The van der Waals surface area contributed by atoms with Crippen molar-refractivity contribution in [1.29, 1.82) is 0 Å². The molecule has 0 aliphatic carbocycles. The van der Waals surface area contributed by atoms with Crippen LogP contribution < -0.4 is 0 Å². The quantitative estimate of drug-likeness (QED) is 0.599. The number of hydrogen-bond acceptors (Lipinski definition) is 4. The normalized spacial score (nSPS) is 12.0. The SMILES string of the molecule is CN(C)C(=O)C(Sc1nc(-c2ccc(F)cc2)cs1)c1ccccc1. The molecule has 1 unspecified atom stereocenters. The number of nitrogens with zero attached hydrogens (tertiary/aromatic N) is 2. The van der Waals surface area contributed by atoms with Gasteiger partial charge in [-0.15, -0.1) is 11.3 Å². The third-order valence-electron chi connectivity index (χ3n) is 3.61. The van der Waals surface area contributed by atoms with E-state index in [9.17, 15) is 9.18 Å². The smallest absolute Gasteiger partial charge is 0.240 e. The van der Waals surface area contributed by atoms with E-state index in [1.807, 2.05) is 35.7 Å². The fraction of sp³-hybridized carbons (Fsp3) is 0.158. The van der Waals surface area contributed by atoms with Gasteiger partial charge in [0.15, 0.2) is 4.34 Å². The van der Waals surface area contributed by atoms with Crippen LogP contribution in [0.2, 0.25) is 0 Å². The molecule has 0 bridgehead atoms. The molecule has 0 radical (unpaired) electrons. The molecule has 128 valence electrons. The first-order chi connectivity index (χ1) is 12.0. The van der Waals surface area contributed by atoms with Crippen molar-refractivity contribution in [2.24, 2.45) is 0 Å². The summed E-state index contributed by atoms with van der Waals surface area (Å²) in [6.45, 7) is 0. The van der Waals surface area contributed by atoms with Gasteiger partial charge in [0, 0.05) is 25.0 Å². The fourth-order valence-electron chi connectivity index (χ4n) is 2.29. The standard InChI is InChI=1S/C19H17FN2OS2/c1-22(2)18(23)17(14-6-4-3-5-7-14)25-19-21-16(12-24-19)13-8-10-15(20)11-9-13/h3-12,17H,1-2H3. The van der Waals surface area contributed by atoms with E-state index in [0.717, 1.165) is 21.2 Å². The first-order valence-electron chi connectivity index (χ1n) is 7.69. The van der Waals surface area contributed by atoms with Crippen LogP contribution in [0, 0.1) is 5.82 Å². The van der Waals surface area contributed by atoms with Crippen molar-refractivity contribution in [3.63, 3.8) is 0 Å². The Morgan fingerprint density at radius 3 is 2.44 bits per heavy atom. The zero-order valence-electron chi connectivity index (χ0n) is 13.8. The highest BCUT2D eigenvalue weighted by atomic mass is 32.2. The summed E-state index contributed by atoms with van der Waals surface area (Å²) in [6.07, 6.45) is 0. The van der Waals surface area contributed by atoms with E-state index in [-0.39, 0.29) is 17.0 Å². The van der Waals surface area contributed by atoms with Gasteiger partial charge >= 0.3 is 0 Å². The van der Waals surface area contributed by atoms with Crippen molar-refractivity contribution in [2.75, 3.05) is 14.1 Å². The first kappa shape index (κ1) is 17.6. The van der Waals surface area contributed by atoms with Crippen LogP contribution in [0.25, 0.3) is 11.3 Å². The van der Waals surface area contributed by atoms with Gasteiger partial charge in [-0.3, -0.25) is 4.79 Å². The van der Waals surface area contributed by atoms with Gasteiger partial charge in [0.25, 0.3) is 0 Å². The van der Waals surface area contributed by atoms with E-state index < -0.39 is 0 Å². The molecule has 6 heteroatoms. The Hall–Kier alpha value is -2.18. The zero-order chi connectivity index (χ0) is 17.8.